The van der Waals surface area contributed by atoms with E-state index in [4.69, 9.17) is 5.11 Å². The first-order valence-electron chi connectivity index (χ1n) is 5.46. The van der Waals surface area contributed by atoms with Crippen LogP contribution in [0.1, 0.15) is 42.7 Å². The van der Waals surface area contributed by atoms with Crippen molar-refractivity contribution in [2.24, 2.45) is 0 Å². The van der Waals surface area contributed by atoms with Crippen LogP contribution in [0.5, 0.6) is 0 Å². The maximum Gasteiger partial charge on any atom is 0.255 e. The molecule has 1 amide bonds. The van der Waals surface area contributed by atoms with Crippen LogP contribution in [-0.4, -0.2) is 33.4 Å². The number of aliphatic hydroxyl groups is 1. The smallest absolute Gasteiger partial charge is 0.255 e. The van der Waals surface area contributed by atoms with Crippen LogP contribution in [0, 0.1) is 6.92 Å². The van der Waals surface area contributed by atoms with Crippen LogP contribution in [-0.2, 0) is 0 Å². The van der Waals surface area contributed by atoms with E-state index < -0.39 is 0 Å². The van der Waals surface area contributed by atoms with E-state index in [9.17, 15) is 4.79 Å². The van der Waals surface area contributed by atoms with Crippen molar-refractivity contribution >= 4 is 5.91 Å². The summed E-state index contributed by atoms with van der Waals surface area (Å²) >= 11 is 0. The number of hydrogen-bond donors (Lipinski definition) is 3. The monoisotopic (exact) mass is 225 g/mol. The van der Waals surface area contributed by atoms with Crippen molar-refractivity contribution in [1.29, 1.82) is 0 Å². The lowest BCUT2D eigenvalue weighted by atomic mass is 9.94. The summed E-state index contributed by atoms with van der Waals surface area (Å²) in [6, 6.07) is 0. The standard InChI is InChI=1S/C11H19N3O2/c1-4-11(3,5-6-15)13-10(16)9-7-12-14-8(9)2/h7,15H,4-6H2,1-3H3,(H,12,14)(H,13,16). The first-order valence-corrected chi connectivity index (χ1v) is 5.46. The summed E-state index contributed by atoms with van der Waals surface area (Å²) in [4.78, 5) is 11.9. The number of rotatable bonds is 5. The number of aromatic nitrogens is 2. The van der Waals surface area contributed by atoms with Crippen LogP contribution in [0.25, 0.3) is 0 Å². The summed E-state index contributed by atoms with van der Waals surface area (Å²) in [5.41, 5.74) is 0.938. The fourth-order valence-corrected chi connectivity index (χ4v) is 1.50. The van der Waals surface area contributed by atoms with Crippen molar-refractivity contribution in [3.8, 4) is 0 Å². The van der Waals surface area contributed by atoms with Crippen LogP contribution in [0.3, 0.4) is 0 Å². The Morgan fingerprint density at radius 2 is 2.38 bits per heavy atom. The second-order valence-electron chi connectivity index (χ2n) is 4.25. The average molecular weight is 225 g/mol. The number of nitrogens with one attached hydrogen (secondary N) is 2. The largest absolute Gasteiger partial charge is 0.396 e. The topological polar surface area (TPSA) is 78.0 Å². The van der Waals surface area contributed by atoms with Gasteiger partial charge in [0.1, 0.15) is 0 Å². The van der Waals surface area contributed by atoms with Gasteiger partial charge in [-0.05, 0) is 26.7 Å². The van der Waals surface area contributed by atoms with Crippen molar-refractivity contribution in [2.45, 2.75) is 39.2 Å². The number of aromatic amines is 1. The maximum atomic E-state index is 11.9. The molecule has 0 saturated carbocycles. The van der Waals surface area contributed by atoms with Gasteiger partial charge in [0.15, 0.2) is 0 Å². The van der Waals surface area contributed by atoms with Gasteiger partial charge < -0.3 is 10.4 Å². The van der Waals surface area contributed by atoms with Crippen LogP contribution < -0.4 is 5.32 Å². The van der Waals surface area contributed by atoms with Gasteiger partial charge in [0.25, 0.3) is 5.91 Å². The highest BCUT2D eigenvalue weighted by Gasteiger charge is 2.25. The molecule has 0 aliphatic rings. The van der Waals surface area contributed by atoms with Gasteiger partial charge in [-0.15, -0.1) is 0 Å². The van der Waals surface area contributed by atoms with Gasteiger partial charge in [0.05, 0.1) is 11.8 Å². The summed E-state index contributed by atoms with van der Waals surface area (Å²) in [6.45, 7) is 5.78. The molecule has 3 N–H and O–H groups in total. The number of aliphatic hydroxyl groups excluding tert-OH is 1. The number of carbonyl (C=O) groups excluding carboxylic acids is 1. The van der Waals surface area contributed by atoms with Crippen LogP contribution >= 0.6 is 0 Å². The summed E-state index contributed by atoms with van der Waals surface area (Å²) < 4.78 is 0. The van der Waals surface area contributed by atoms with E-state index in [0.717, 1.165) is 12.1 Å². The van der Waals surface area contributed by atoms with Crippen LogP contribution in [0.4, 0.5) is 0 Å². The Kier molecular flexibility index (Phi) is 4.06. The molecule has 90 valence electrons. The number of H-pyrrole nitrogens is 1. The van der Waals surface area contributed by atoms with Gasteiger partial charge in [0.2, 0.25) is 0 Å². The molecule has 0 aromatic carbocycles. The average Bonchev–Trinajstić information content (AvgIpc) is 2.65. The highest BCUT2D eigenvalue weighted by molar-refractivity contribution is 5.95. The number of carbonyl (C=O) groups is 1. The Morgan fingerprint density at radius 1 is 1.69 bits per heavy atom. The number of hydrogen-bond acceptors (Lipinski definition) is 3. The Bertz CT molecular complexity index is 362. The molecular weight excluding hydrogens is 206 g/mol. The van der Waals surface area contributed by atoms with E-state index in [1.807, 2.05) is 13.8 Å². The van der Waals surface area contributed by atoms with Gasteiger partial charge in [-0.3, -0.25) is 9.89 Å². The molecule has 1 rings (SSSR count). The molecule has 1 aromatic rings. The number of amides is 1. The third-order valence-corrected chi connectivity index (χ3v) is 2.93. The number of nitrogens with zero attached hydrogens (tertiary/aromatic N) is 1. The molecule has 0 aliphatic heterocycles. The zero-order valence-corrected chi connectivity index (χ0v) is 10.0. The molecule has 0 bridgehead atoms. The van der Waals surface area contributed by atoms with Crippen molar-refractivity contribution in [1.82, 2.24) is 15.5 Å². The minimum atomic E-state index is -0.366. The highest BCUT2D eigenvalue weighted by atomic mass is 16.3. The first-order chi connectivity index (χ1) is 7.52. The second-order valence-corrected chi connectivity index (χ2v) is 4.25. The zero-order valence-electron chi connectivity index (χ0n) is 10.0. The lowest BCUT2D eigenvalue weighted by Crippen LogP contribution is -2.46. The van der Waals surface area contributed by atoms with E-state index in [-0.39, 0.29) is 18.1 Å². The zero-order chi connectivity index (χ0) is 12.2. The highest BCUT2D eigenvalue weighted by Crippen LogP contribution is 2.15. The van der Waals surface area contributed by atoms with Gasteiger partial charge in [-0.25, -0.2) is 0 Å². The van der Waals surface area contributed by atoms with E-state index in [2.05, 4.69) is 15.5 Å². The summed E-state index contributed by atoms with van der Waals surface area (Å²) in [6.07, 6.45) is 2.84. The molecular formula is C11H19N3O2. The minimum Gasteiger partial charge on any atom is -0.396 e. The summed E-state index contributed by atoms with van der Waals surface area (Å²) in [7, 11) is 0. The normalized spacial score (nSPS) is 14.5. The lowest BCUT2D eigenvalue weighted by molar-refractivity contribution is 0.0885. The molecule has 1 heterocycles. The Morgan fingerprint density at radius 3 is 2.81 bits per heavy atom. The van der Waals surface area contributed by atoms with Crippen molar-refractivity contribution in [2.75, 3.05) is 6.61 Å². The first kappa shape index (κ1) is 12.7. The second kappa shape index (κ2) is 5.12. The lowest BCUT2D eigenvalue weighted by Gasteiger charge is -2.28. The molecule has 1 atom stereocenters. The fraction of sp³-hybridized carbons (Fsp3) is 0.636. The third-order valence-electron chi connectivity index (χ3n) is 2.93. The Labute approximate surface area is 95.3 Å². The van der Waals surface area contributed by atoms with Crippen molar-refractivity contribution in [3.63, 3.8) is 0 Å². The molecule has 16 heavy (non-hydrogen) atoms. The molecule has 5 heteroatoms. The van der Waals surface area contributed by atoms with Gasteiger partial charge in [-0.1, -0.05) is 6.92 Å². The van der Waals surface area contributed by atoms with E-state index >= 15 is 0 Å². The quantitative estimate of drug-likeness (QED) is 0.699. The summed E-state index contributed by atoms with van der Waals surface area (Å²) in [5, 5.41) is 18.4. The van der Waals surface area contributed by atoms with E-state index in [1.54, 1.807) is 6.92 Å². The molecule has 0 fully saturated rings. The Hall–Kier alpha value is -1.36. The van der Waals surface area contributed by atoms with Crippen LogP contribution in [0.15, 0.2) is 6.20 Å². The van der Waals surface area contributed by atoms with E-state index in [1.165, 1.54) is 6.20 Å². The Balaban J connectivity index is 2.73. The molecule has 5 nitrogen and oxygen atoms in total. The van der Waals surface area contributed by atoms with Gasteiger partial charge in [0, 0.05) is 17.8 Å². The molecule has 1 aromatic heterocycles. The SMILES string of the molecule is CCC(C)(CCO)NC(=O)c1cn[nH]c1C. The van der Waals surface area contributed by atoms with E-state index in [0.29, 0.717) is 12.0 Å². The summed E-state index contributed by atoms with van der Waals surface area (Å²) in [5.74, 6) is -0.149. The predicted molar refractivity (Wildman–Crippen MR) is 61.2 cm³/mol. The van der Waals surface area contributed by atoms with Crippen molar-refractivity contribution < 1.29 is 9.90 Å². The molecule has 1 unspecified atom stereocenters. The molecule has 0 saturated heterocycles. The molecule has 0 aliphatic carbocycles. The molecule has 0 radical (unpaired) electrons. The third kappa shape index (κ3) is 2.82. The van der Waals surface area contributed by atoms with Crippen molar-refractivity contribution in [3.05, 3.63) is 17.5 Å². The fourth-order valence-electron chi connectivity index (χ4n) is 1.50. The van der Waals surface area contributed by atoms with Crippen LogP contribution in [0.2, 0.25) is 0 Å². The number of aryl methyl sites for hydroxylation is 1. The predicted octanol–water partition coefficient (Wildman–Crippen LogP) is 0.999. The van der Waals surface area contributed by atoms with Gasteiger partial charge in [-0.2, -0.15) is 5.10 Å². The maximum absolute atomic E-state index is 11.9. The minimum absolute atomic E-state index is 0.0645. The van der Waals surface area contributed by atoms with Gasteiger partial charge >= 0.3 is 0 Å². The molecule has 0 spiro atoms.